The number of nitrogen functional groups attached to an aromatic ring is 1. The highest BCUT2D eigenvalue weighted by molar-refractivity contribution is 5.90. The SMILES string of the molecule is CCCCC(CC)(CCCC)OC(=O)c1ccc(N)cc1. The standard InChI is InChI=1S/C18H29NO2/c1-4-7-13-18(6-3,14-8-5-2)21-17(20)15-9-11-16(19)12-10-15/h9-12H,4-8,13-14,19H2,1-3H3. The van der Waals surface area contributed by atoms with E-state index in [1.165, 1.54) is 0 Å². The molecular formula is C18H29NO2. The fraction of sp³-hybridized carbons (Fsp3) is 0.611. The van der Waals surface area contributed by atoms with Crippen LogP contribution in [0.2, 0.25) is 0 Å². The van der Waals surface area contributed by atoms with Gasteiger partial charge in [-0.2, -0.15) is 0 Å². The zero-order valence-corrected chi connectivity index (χ0v) is 13.7. The minimum Gasteiger partial charge on any atom is -0.455 e. The maximum Gasteiger partial charge on any atom is 0.338 e. The van der Waals surface area contributed by atoms with Crippen molar-refractivity contribution in [3.63, 3.8) is 0 Å². The molecule has 0 fully saturated rings. The lowest BCUT2D eigenvalue weighted by molar-refractivity contribution is -0.0319. The van der Waals surface area contributed by atoms with Crippen LogP contribution in [0.4, 0.5) is 5.69 Å². The lowest BCUT2D eigenvalue weighted by atomic mass is 9.88. The van der Waals surface area contributed by atoms with E-state index < -0.39 is 0 Å². The van der Waals surface area contributed by atoms with Crippen molar-refractivity contribution in [2.24, 2.45) is 0 Å². The second-order valence-corrected chi connectivity index (χ2v) is 5.76. The van der Waals surface area contributed by atoms with Gasteiger partial charge in [-0.25, -0.2) is 4.79 Å². The van der Waals surface area contributed by atoms with E-state index in [-0.39, 0.29) is 11.6 Å². The molecule has 1 aromatic carbocycles. The summed E-state index contributed by atoms with van der Waals surface area (Å²) in [6, 6.07) is 6.94. The summed E-state index contributed by atoms with van der Waals surface area (Å²) in [5.74, 6) is -0.232. The minimum absolute atomic E-state index is 0.232. The van der Waals surface area contributed by atoms with E-state index in [4.69, 9.17) is 10.5 Å². The fourth-order valence-electron chi connectivity index (χ4n) is 2.53. The molecule has 21 heavy (non-hydrogen) atoms. The number of rotatable bonds is 9. The number of carbonyl (C=O) groups excluding carboxylic acids is 1. The molecule has 0 unspecified atom stereocenters. The molecule has 0 amide bonds. The van der Waals surface area contributed by atoms with E-state index in [1.807, 2.05) is 0 Å². The second-order valence-electron chi connectivity index (χ2n) is 5.76. The number of benzene rings is 1. The van der Waals surface area contributed by atoms with Gasteiger partial charge in [-0.1, -0.05) is 33.6 Å². The van der Waals surface area contributed by atoms with Crippen molar-refractivity contribution in [3.05, 3.63) is 29.8 Å². The lowest BCUT2D eigenvalue weighted by Crippen LogP contribution is -2.34. The molecule has 2 N–H and O–H groups in total. The minimum atomic E-state index is -0.315. The predicted molar refractivity (Wildman–Crippen MR) is 88.3 cm³/mol. The largest absolute Gasteiger partial charge is 0.455 e. The van der Waals surface area contributed by atoms with Crippen LogP contribution in [0.5, 0.6) is 0 Å². The first-order chi connectivity index (χ1) is 10.1. The van der Waals surface area contributed by atoms with E-state index in [0.29, 0.717) is 11.3 Å². The molecule has 0 heterocycles. The zero-order chi connectivity index (χ0) is 15.7. The number of esters is 1. The summed E-state index contributed by atoms with van der Waals surface area (Å²) >= 11 is 0. The summed E-state index contributed by atoms with van der Waals surface area (Å²) in [4.78, 5) is 12.4. The maximum absolute atomic E-state index is 12.4. The monoisotopic (exact) mass is 291 g/mol. The summed E-state index contributed by atoms with van der Waals surface area (Å²) in [5.41, 5.74) is 6.58. The summed E-state index contributed by atoms with van der Waals surface area (Å²) in [6.45, 7) is 6.45. The lowest BCUT2D eigenvalue weighted by Gasteiger charge is -2.33. The van der Waals surface area contributed by atoms with Crippen LogP contribution >= 0.6 is 0 Å². The fourth-order valence-corrected chi connectivity index (χ4v) is 2.53. The van der Waals surface area contributed by atoms with E-state index in [1.54, 1.807) is 24.3 Å². The van der Waals surface area contributed by atoms with Gasteiger partial charge in [0, 0.05) is 5.69 Å². The van der Waals surface area contributed by atoms with E-state index >= 15 is 0 Å². The Morgan fingerprint density at radius 1 is 1.05 bits per heavy atom. The van der Waals surface area contributed by atoms with Crippen LogP contribution in [0.25, 0.3) is 0 Å². The molecule has 0 aliphatic heterocycles. The molecule has 0 aliphatic rings. The van der Waals surface area contributed by atoms with Crippen molar-refractivity contribution >= 4 is 11.7 Å². The summed E-state index contributed by atoms with van der Waals surface area (Å²) in [7, 11) is 0. The van der Waals surface area contributed by atoms with Gasteiger partial charge in [0.2, 0.25) is 0 Å². The highest BCUT2D eigenvalue weighted by atomic mass is 16.6. The topological polar surface area (TPSA) is 52.3 Å². The number of hydrogen-bond donors (Lipinski definition) is 1. The molecule has 0 bridgehead atoms. The van der Waals surface area contributed by atoms with Gasteiger partial charge in [0.25, 0.3) is 0 Å². The van der Waals surface area contributed by atoms with Crippen LogP contribution in [0.1, 0.15) is 76.1 Å². The van der Waals surface area contributed by atoms with Crippen LogP contribution in [-0.4, -0.2) is 11.6 Å². The Hall–Kier alpha value is -1.51. The molecule has 3 heteroatoms. The van der Waals surface area contributed by atoms with Gasteiger partial charge in [0.05, 0.1) is 5.56 Å². The molecule has 1 aromatic rings. The molecule has 118 valence electrons. The van der Waals surface area contributed by atoms with Crippen molar-refractivity contribution in [1.82, 2.24) is 0 Å². The van der Waals surface area contributed by atoms with Gasteiger partial charge in [-0.15, -0.1) is 0 Å². The smallest absolute Gasteiger partial charge is 0.338 e. The quantitative estimate of drug-likeness (QED) is 0.517. The van der Waals surface area contributed by atoms with Crippen LogP contribution in [0.15, 0.2) is 24.3 Å². The van der Waals surface area contributed by atoms with Gasteiger partial charge < -0.3 is 10.5 Å². The van der Waals surface area contributed by atoms with Crippen LogP contribution in [-0.2, 0) is 4.74 Å². The molecule has 0 saturated heterocycles. The second kappa shape index (κ2) is 8.71. The van der Waals surface area contributed by atoms with Crippen LogP contribution in [0.3, 0.4) is 0 Å². The van der Waals surface area contributed by atoms with Crippen molar-refractivity contribution in [1.29, 1.82) is 0 Å². The number of ether oxygens (including phenoxy) is 1. The number of carbonyl (C=O) groups is 1. The van der Waals surface area contributed by atoms with E-state index in [9.17, 15) is 4.79 Å². The van der Waals surface area contributed by atoms with Gasteiger partial charge in [-0.3, -0.25) is 0 Å². The average Bonchev–Trinajstić information content (AvgIpc) is 2.50. The molecular weight excluding hydrogens is 262 g/mol. The first-order valence-electron chi connectivity index (χ1n) is 8.15. The highest BCUT2D eigenvalue weighted by Gasteiger charge is 2.31. The molecule has 3 nitrogen and oxygen atoms in total. The maximum atomic E-state index is 12.4. The Kier molecular flexibility index (Phi) is 7.27. The molecule has 0 aromatic heterocycles. The van der Waals surface area contributed by atoms with Crippen molar-refractivity contribution in [2.75, 3.05) is 5.73 Å². The summed E-state index contributed by atoms with van der Waals surface area (Å²) in [6.07, 6.45) is 7.18. The summed E-state index contributed by atoms with van der Waals surface area (Å²) in [5, 5.41) is 0. The molecule has 0 aliphatic carbocycles. The first-order valence-corrected chi connectivity index (χ1v) is 8.15. The third kappa shape index (κ3) is 5.41. The molecule has 0 spiro atoms. The van der Waals surface area contributed by atoms with Gasteiger partial charge in [0.15, 0.2) is 0 Å². The normalized spacial score (nSPS) is 11.4. The van der Waals surface area contributed by atoms with Crippen molar-refractivity contribution < 1.29 is 9.53 Å². The average molecular weight is 291 g/mol. The van der Waals surface area contributed by atoms with Gasteiger partial charge >= 0.3 is 5.97 Å². The molecule has 0 saturated carbocycles. The number of hydrogen-bond acceptors (Lipinski definition) is 3. The Bertz CT molecular complexity index is 417. The zero-order valence-electron chi connectivity index (χ0n) is 13.7. The Labute approximate surface area is 128 Å². The highest BCUT2D eigenvalue weighted by Crippen LogP contribution is 2.30. The van der Waals surface area contributed by atoms with Crippen molar-refractivity contribution in [3.8, 4) is 0 Å². The number of anilines is 1. The molecule has 1 rings (SSSR count). The van der Waals surface area contributed by atoms with Crippen LogP contribution in [0, 0.1) is 0 Å². The Morgan fingerprint density at radius 2 is 1.57 bits per heavy atom. The predicted octanol–water partition coefficient (Wildman–Crippen LogP) is 4.95. The summed E-state index contributed by atoms with van der Waals surface area (Å²) < 4.78 is 5.94. The Balaban J connectivity index is 2.82. The van der Waals surface area contributed by atoms with Gasteiger partial charge in [-0.05, 0) is 56.4 Å². The van der Waals surface area contributed by atoms with E-state index in [0.717, 1.165) is 44.9 Å². The number of unbranched alkanes of at least 4 members (excludes halogenated alkanes) is 2. The third-order valence-electron chi connectivity index (χ3n) is 4.07. The molecule has 0 radical (unpaired) electrons. The van der Waals surface area contributed by atoms with Crippen molar-refractivity contribution in [2.45, 2.75) is 71.3 Å². The first kappa shape index (κ1) is 17.5. The van der Waals surface area contributed by atoms with Gasteiger partial charge in [0.1, 0.15) is 5.60 Å². The third-order valence-corrected chi connectivity index (χ3v) is 4.07. The number of nitrogens with two attached hydrogens (primary N) is 1. The molecule has 0 atom stereocenters. The Morgan fingerprint density at radius 3 is 2.00 bits per heavy atom. The van der Waals surface area contributed by atoms with E-state index in [2.05, 4.69) is 20.8 Å². The van der Waals surface area contributed by atoms with Crippen LogP contribution < -0.4 is 5.73 Å².